The van der Waals surface area contributed by atoms with Gasteiger partial charge in [-0.05, 0) is 50.4 Å². The number of ether oxygens (including phenoxy) is 2. The molecule has 4 heteroatoms. The van der Waals surface area contributed by atoms with Gasteiger partial charge in [0.1, 0.15) is 5.75 Å². The Bertz CT molecular complexity index is 413. The van der Waals surface area contributed by atoms with Crippen molar-refractivity contribution in [2.45, 2.75) is 19.3 Å². The maximum absolute atomic E-state index is 9.95. The summed E-state index contributed by atoms with van der Waals surface area (Å²) in [6, 6.07) is 3.46. The second-order valence-corrected chi connectivity index (χ2v) is 4.71. The fourth-order valence-electron chi connectivity index (χ4n) is 2.60. The minimum absolute atomic E-state index is 0.259. The zero-order chi connectivity index (χ0) is 11.7. The molecule has 2 aliphatic heterocycles. The zero-order valence-electron chi connectivity index (χ0n) is 9.74. The quantitative estimate of drug-likeness (QED) is 0.818. The molecule has 1 aromatic rings. The number of benzene rings is 1. The number of nitrogens with one attached hydrogen (secondary N) is 1. The predicted molar refractivity (Wildman–Crippen MR) is 63.5 cm³/mol. The van der Waals surface area contributed by atoms with Crippen LogP contribution in [-0.2, 0) is 6.42 Å². The van der Waals surface area contributed by atoms with Crippen molar-refractivity contribution in [1.82, 2.24) is 5.32 Å². The highest BCUT2D eigenvalue weighted by atomic mass is 16.7. The Labute approximate surface area is 101 Å². The lowest BCUT2D eigenvalue weighted by molar-refractivity contribution is 0.172. The fraction of sp³-hybridized carbons (Fsp3) is 0.538. The summed E-state index contributed by atoms with van der Waals surface area (Å²) in [5.41, 5.74) is 0.897. The molecule has 2 aliphatic rings. The van der Waals surface area contributed by atoms with Crippen molar-refractivity contribution < 1.29 is 14.6 Å². The van der Waals surface area contributed by atoms with Crippen molar-refractivity contribution >= 4 is 0 Å². The Morgan fingerprint density at radius 3 is 3.12 bits per heavy atom. The molecule has 2 N–H and O–H groups in total. The number of rotatable bonds is 2. The summed E-state index contributed by atoms with van der Waals surface area (Å²) < 4.78 is 10.8. The normalized spacial score (nSPS) is 22.7. The van der Waals surface area contributed by atoms with Gasteiger partial charge >= 0.3 is 0 Å². The van der Waals surface area contributed by atoms with Gasteiger partial charge in [0.25, 0.3) is 0 Å². The number of hydrogen-bond donors (Lipinski definition) is 2. The van der Waals surface area contributed by atoms with Crippen LogP contribution in [0.3, 0.4) is 0 Å². The maximum Gasteiger partial charge on any atom is 0.231 e. The van der Waals surface area contributed by atoms with Crippen LogP contribution in [0.1, 0.15) is 18.4 Å². The molecule has 17 heavy (non-hydrogen) atoms. The van der Waals surface area contributed by atoms with Crippen LogP contribution in [0.2, 0.25) is 0 Å². The van der Waals surface area contributed by atoms with Gasteiger partial charge in [-0.1, -0.05) is 0 Å². The third-order valence-corrected chi connectivity index (χ3v) is 3.51. The van der Waals surface area contributed by atoms with Crippen molar-refractivity contribution in [1.29, 1.82) is 0 Å². The van der Waals surface area contributed by atoms with E-state index >= 15 is 0 Å². The summed E-state index contributed by atoms with van der Waals surface area (Å²) in [5.74, 6) is 2.38. The summed E-state index contributed by atoms with van der Waals surface area (Å²) in [4.78, 5) is 0. The Morgan fingerprint density at radius 1 is 1.35 bits per heavy atom. The second-order valence-electron chi connectivity index (χ2n) is 4.71. The Balaban J connectivity index is 1.84. The summed E-state index contributed by atoms with van der Waals surface area (Å²) in [5, 5.41) is 13.3. The van der Waals surface area contributed by atoms with E-state index in [1.807, 2.05) is 0 Å². The van der Waals surface area contributed by atoms with Gasteiger partial charge in [-0.3, -0.25) is 0 Å². The molecule has 4 nitrogen and oxygen atoms in total. The number of piperidine rings is 1. The molecule has 1 unspecified atom stereocenters. The molecular formula is C13H17NO3. The molecule has 0 aliphatic carbocycles. The molecule has 0 amide bonds. The van der Waals surface area contributed by atoms with E-state index in [2.05, 4.69) is 5.32 Å². The lowest BCUT2D eigenvalue weighted by Gasteiger charge is -2.23. The summed E-state index contributed by atoms with van der Waals surface area (Å²) in [6.45, 7) is 2.38. The van der Waals surface area contributed by atoms with Crippen molar-refractivity contribution in [2.24, 2.45) is 5.92 Å². The first-order valence-electron chi connectivity index (χ1n) is 6.16. The van der Waals surface area contributed by atoms with Gasteiger partial charge < -0.3 is 19.9 Å². The van der Waals surface area contributed by atoms with E-state index in [1.54, 1.807) is 12.1 Å². The topological polar surface area (TPSA) is 50.7 Å². The monoisotopic (exact) mass is 235 g/mol. The number of phenolic OH excluding ortho intramolecular Hbond substituents is 1. The average Bonchev–Trinajstić information content (AvgIpc) is 2.83. The Morgan fingerprint density at radius 2 is 2.29 bits per heavy atom. The Hall–Kier alpha value is -1.42. The molecule has 3 rings (SSSR count). The van der Waals surface area contributed by atoms with Crippen LogP contribution in [0.25, 0.3) is 0 Å². The van der Waals surface area contributed by atoms with Gasteiger partial charge in [0.15, 0.2) is 11.5 Å². The second kappa shape index (κ2) is 4.45. The molecular weight excluding hydrogens is 218 g/mol. The maximum atomic E-state index is 9.95. The number of fused-ring (bicyclic) bond motifs is 1. The van der Waals surface area contributed by atoms with E-state index < -0.39 is 0 Å². The number of aromatic hydroxyl groups is 1. The molecule has 0 spiro atoms. The van der Waals surface area contributed by atoms with Crippen LogP contribution in [0, 0.1) is 5.92 Å². The third-order valence-electron chi connectivity index (χ3n) is 3.51. The minimum Gasteiger partial charge on any atom is -0.508 e. The van der Waals surface area contributed by atoms with Crippen molar-refractivity contribution in [3.05, 3.63) is 17.7 Å². The predicted octanol–water partition coefficient (Wildman–Crippen LogP) is 1.66. The molecule has 1 aromatic carbocycles. The SMILES string of the molecule is Oc1ccc2c(c1CC1CCCNC1)OCO2. The van der Waals surface area contributed by atoms with Gasteiger partial charge in [0.05, 0.1) is 0 Å². The van der Waals surface area contributed by atoms with Gasteiger partial charge in [-0.2, -0.15) is 0 Å². The van der Waals surface area contributed by atoms with E-state index in [9.17, 15) is 5.11 Å². The molecule has 92 valence electrons. The summed E-state index contributed by atoms with van der Waals surface area (Å²) in [7, 11) is 0. The van der Waals surface area contributed by atoms with Crippen LogP contribution in [0.4, 0.5) is 0 Å². The van der Waals surface area contributed by atoms with Crippen LogP contribution >= 0.6 is 0 Å². The first-order chi connectivity index (χ1) is 8.34. The zero-order valence-corrected chi connectivity index (χ0v) is 9.74. The molecule has 1 atom stereocenters. The van der Waals surface area contributed by atoms with Crippen LogP contribution in [0.5, 0.6) is 17.2 Å². The van der Waals surface area contributed by atoms with Gasteiger partial charge in [0.2, 0.25) is 6.79 Å². The highest BCUT2D eigenvalue weighted by Crippen LogP contribution is 2.41. The van der Waals surface area contributed by atoms with E-state index in [4.69, 9.17) is 9.47 Å². The molecule has 1 saturated heterocycles. The highest BCUT2D eigenvalue weighted by molar-refractivity contribution is 5.54. The van der Waals surface area contributed by atoms with E-state index in [0.29, 0.717) is 11.7 Å². The van der Waals surface area contributed by atoms with Gasteiger partial charge in [-0.25, -0.2) is 0 Å². The summed E-state index contributed by atoms with van der Waals surface area (Å²) >= 11 is 0. The number of phenols is 1. The van der Waals surface area contributed by atoms with Crippen LogP contribution in [-0.4, -0.2) is 25.0 Å². The molecule has 0 radical (unpaired) electrons. The smallest absolute Gasteiger partial charge is 0.231 e. The van der Waals surface area contributed by atoms with E-state index in [-0.39, 0.29) is 6.79 Å². The number of hydrogen-bond acceptors (Lipinski definition) is 4. The van der Waals surface area contributed by atoms with E-state index in [0.717, 1.165) is 36.6 Å². The lowest BCUT2D eigenvalue weighted by Crippen LogP contribution is -2.30. The minimum atomic E-state index is 0.259. The average molecular weight is 235 g/mol. The third kappa shape index (κ3) is 2.05. The summed E-state index contributed by atoms with van der Waals surface area (Å²) in [6.07, 6.45) is 3.26. The Kier molecular flexibility index (Phi) is 2.81. The highest BCUT2D eigenvalue weighted by Gasteiger charge is 2.24. The van der Waals surface area contributed by atoms with Crippen molar-refractivity contribution in [3.8, 4) is 17.2 Å². The van der Waals surface area contributed by atoms with Crippen molar-refractivity contribution in [2.75, 3.05) is 19.9 Å². The van der Waals surface area contributed by atoms with Crippen LogP contribution < -0.4 is 14.8 Å². The fourth-order valence-corrected chi connectivity index (χ4v) is 2.60. The molecule has 0 saturated carbocycles. The van der Waals surface area contributed by atoms with Gasteiger partial charge in [0, 0.05) is 5.56 Å². The first-order valence-corrected chi connectivity index (χ1v) is 6.16. The molecule has 1 fully saturated rings. The molecule has 0 aromatic heterocycles. The molecule has 0 bridgehead atoms. The lowest BCUT2D eigenvalue weighted by atomic mass is 9.91. The first kappa shape index (κ1) is 10.7. The van der Waals surface area contributed by atoms with Crippen molar-refractivity contribution in [3.63, 3.8) is 0 Å². The van der Waals surface area contributed by atoms with Crippen LogP contribution in [0.15, 0.2) is 12.1 Å². The van der Waals surface area contributed by atoms with E-state index in [1.165, 1.54) is 12.8 Å². The van der Waals surface area contributed by atoms with Gasteiger partial charge in [-0.15, -0.1) is 0 Å². The standard InChI is InChI=1S/C13H17NO3/c15-11-3-4-12-13(17-8-16-12)10(11)6-9-2-1-5-14-7-9/h3-4,9,14-15H,1-2,5-8H2. The largest absolute Gasteiger partial charge is 0.508 e. The molecule has 2 heterocycles.